The monoisotopic (exact) mass is 334 g/mol. The van der Waals surface area contributed by atoms with Crippen molar-refractivity contribution >= 4 is 34.4 Å². The van der Waals surface area contributed by atoms with E-state index in [1.807, 2.05) is 18.7 Å². The maximum atomic E-state index is 12.5. The van der Waals surface area contributed by atoms with Crippen LogP contribution in [0.15, 0.2) is 23.0 Å². The molecule has 23 heavy (non-hydrogen) atoms. The van der Waals surface area contributed by atoms with E-state index < -0.39 is 0 Å². The summed E-state index contributed by atoms with van der Waals surface area (Å²) in [7, 11) is 0. The van der Waals surface area contributed by atoms with Gasteiger partial charge in [-0.3, -0.25) is 9.69 Å². The van der Waals surface area contributed by atoms with Crippen molar-refractivity contribution in [3.63, 3.8) is 0 Å². The number of carbonyl (C=O) groups excluding carboxylic acids is 1. The first-order chi connectivity index (χ1) is 11.1. The Balaban J connectivity index is 1.68. The molecule has 124 valence electrons. The largest absolute Gasteiger partial charge is 0.325 e. The number of fused-ring (bicyclic) bond motifs is 1. The van der Waals surface area contributed by atoms with E-state index in [9.17, 15) is 9.59 Å². The first-order valence-electron chi connectivity index (χ1n) is 7.95. The third-order valence-electron chi connectivity index (χ3n) is 4.34. The number of nitrogens with one attached hydrogen (secondary N) is 3. The van der Waals surface area contributed by atoms with Crippen LogP contribution in [0, 0.1) is 0 Å². The van der Waals surface area contributed by atoms with E-state index in [-0.39, 0.29) is 17.6 Å². The van der Waals surface area contributed by atoms with Gasteiger partial charge in [-0.15, -0.1) is 0 Å². The van der Waals surface area contributed by atoms with E-state index in [1.165, 1.54) is 0 Å². The molecule has 1 fully saturated rings. The fourth-order valence-electron chi connectivity index (χ4n) is 2.86. The van der Waals surface area contributed by atoms with Crippen LogP contribution in [0.25, 0.3) is 11.0 Å². The topological polar surface area (TPSA) is 81.0 Å². The van der Waals surface area contributed by atoms with Crippen molar-refractivity contribution in [3.8, 4) is 0 Å². The normalized spacial score (nSPS) is 20.5. The molecule has 1 saturated heterocycles. The molecule has 1 aliphatic heterocycles. The molecular formula is C16H22N4O2S. The first-order valence-corrected chi connectivity index (χ1v) is 9.00. The smallest absolute Gasteiger partial charge is 0.323 e. The maximum Gasteiger partial charge on any atom is 0.323 e. The molecule has 1 aliphatic rings. The zero-order valence-electron chi connectivity index (χ0n) is 13.4. The predicted octanol–water partition coefficient (Wildman–Crippen LogP) is 2.01. The average Bonchev–Trinajstić information content (AvgIpc) is 2.93. The second-order valence-electron chi connectivity index (χ2n) is 5.90. The Kier molecular flexibility index (Phi) is 4.77. The summed E-state index contributed by atoms with van der Waals surface area (Å²) in [6.07, 6.45) is 1.13. The number of amides is 1. The number of anilines is 1. The van der Waals surface area contributed by atoms with Gasteiger partial charge in [-0.25, -0.2) is 4.79 Å². The molecule has 6 nitrogen and oxygen atoms in total. The van der Waals surface area contributed by atoms with Gasteiger partial charge in [0.25, 0.3) is 0 Å². The van der Waals surface area contributed by atoms with Crippen LogP contribution in [0.4, 0.5) is 5.69 Å². The average molecular weight is 334 g/mol. The van der Waals surface area contributed by atoms with Crippen LogP contribution < -0.4 is 11.0 Å². The second kappa shape index (κ2) is 6.80. The van der Waals surface area contributed by atoms with Crippen molar-refractivity contribution in [2.45, 2.75) is 31.6 Å². The number of carbonyl (C=O) groups is 1. The predicted molar refractivity (Wildman–Crippen MR) is 95.1 cm³/mol. The minimum absolute atomic E-state index is 0.0102. The van der Waals surface area contributed by atoms with Gasteiger partial charge in [0.15, 0.2) is 0 Å². The lowest BCUT2D eigenvalue weighted by atomic mass is 10.2. The first kappa shape index (κ1) is 16.1. The summed E-state index contributed by atoms with van der Waals surface area (Å²) in [6, 6.07) is 5.21. The van der Waals surface area contributed by atoms with E-state index in [0.29, 0.717) is 16.5 Å². The van der Waals surface area contributed by atoms with Crippen molar-refractivity contribution < 1.29 is 4.79 Å². The SMILES string of the molecule is CC[C@@H]1CN([C@H](C)C(=O)Nc2ccc3[nH]c(=O)[nH]c3c2)CCS1. The molecule has 0 aliphatic carbocycles. The van der Waals surface area contributed by atoms with Crippen molar-refractivity contribution in [1.82, 2.24) is 14.9 Å². The lowest BCUT2D eigenvalue weighted by Crippen LogP contribution is -2.48. The van der Waals surface area contributed by atoms with E-state index in [0.717, 1.165) is 30.8 Å². The molecule has 0 spiro atoms. The number of aromatic nitrogens is 2. The highest BCUT2D eigenvalue weighted by molar-refractivity contribution is 8.00. The van der Waals surface area contributed by atoms with E-state index in [4.69, 9.17) is 0 Å². The molecule has 1 amide bonds. The highest BCUT2D eigenvalue weighted by atomic mass is 32.2. The van der Waals surface area contributed by atoms with Crippen molar-refractivity contribution in [3.05, 3.63) is 28.7 Å². The highest BCUT2D eigenvalue weighted by Crippen LogP contribution is 2.23. The van der Waals surface area contributed by atoms with Gasteiger partial charge < -0.3 is 15.3 Å². The molecule has 0 unspecified atom stereocenters. The molecular weight excluding hydrogens is 312 g/mol. The van der Waals surface area contributed by atoms with Gasteiger partial charge in [0, 0.05) is 29.8 Å². The van der Waals surface area contributed by atoms with Gasteiger partial charge in [-0.1, -0.05) is 6.92 Å². The minimum Gasteiger partial charge on any atom is -0.325 e. The molecule has 3 rings (SSSR count). The molecule has 3 N–H and O–H groups in total. The summed E-state index contributed by atoms with van der Waals surface area (Å²) in [5.74, 6) is 1.07. The van der Waals surface area contributed by atoms with E-state index >= 15 is 0 Å². The molecule has 2 heterocycles. The van der Waals surface area contributed by atoms with Crippen LogP contribution in [0.5, 0.6) is 0 Å². The molecule has 1 aromatic heterocycles. The zero-order chi connectivity index (χ0) is 16.4. The molecule has 7 heteroatoms. The summed E-state index contributed by atoms with van der Waals surface area (Å²) in [5.41, 5.74) is 1.89. The number of imidazole rings is 1. The number of thioether (sulfide) groups is 1. The zero-order valence-corrected chi connectivity index (χ0v) is 14.2. The fraction of sp³-hybridized carbons (Fsp3) is 0.500. The Hall–Kier alpha value is -1.73. The maximum absolute atomic E-state index is 12.5. The van der Waals surface area contributed by atoms with E-state index in [1.54, 1.807) is 18.2 Å². The van der Waals surface area contributed by atoms with Crippen LogP contribution in [-0.4, -0.2) is 50.9 Å². The number of rotatable bonds is 4. The molecule has 0 bridgehead atoms. The van der Waals surface area contributed by atoms with Gasteiger partial charge >= 0.3 is 5.69 Å². The standard InChI is InChI=1S/C16H22N4O2S/c1-3-12-9-20(6-7-23-12)10(2)15(21)17-11-4-5-13-14(8-11)19-16(22)18-13/h4-5,8,10,12H,3,6-7,9H2,1-2H3,(H,17,21)(H2,18,19,22)/t10-,12-/m1/s1. The number of aromatic amines is 2. The lowest BCUT2D eigenvalue weighted by Gasteiger charge is -2.35. The fourth-order valence-corrected chi connectivity index (χ4v) is 4.07. The Morgan fingerprint density at radius 2 is 2.22 bits per heavy atom. The van der Waals surface area contributed by atoms with Gasteiger partial charge in [0.1, 0.15) is 0 Å². The number of nitrogens with zero attached hydrogens (tertiary/aromatic N) is 1. The summed E-state index contributed by atoms with van der Waals surface area (Å²) in [4.78, 5) is 31.4. The Bertz CT molecular complexity index is 754. The Morgan fingerprint density at radius 1 is 1.43 bits per heavy atom. The van der Waals surface area contributed by atoms with Gasteiger partial charge in [-0.05, 0) is 31.5 Å². The quantitative estimate of drug-likeness (QED) is 0.799. The molecule has 2 aromatic rings. The third-order valence-corrected chi connectivity index (χ3v) is 5.71. The van der Waals surface area contributed by atoms with Crippen molar-refractivity contribution in [1.29, 1.82) is 0 Å². The molecule has 1 aromatic carbocycles. The van der Waals surface area contributed by atoms with Gasteiger partial charge in [0.2, 0.25) is 5.91 Å². The van der Waals surface area contributed by atoms with E-state index in [2.05, 4.69) is 27.1 Å². The van der Waals surface area contributed by atoms with Crippen LogP contribution >= 0.6 is 11.8 Å². The number of hydrogen-bond acceptors (Lipinski definition) is 4. The Morgan fingerprint density at radius 3 is 3.00 bits per heavy atom. The second-order valence-corrected chi connectivity index (χ2v) is 7.31. The van der Waals surface area contributed by atoms with Crippen molar-refractivity contribution in [2.24, 2.45) is 0 Å². The van der Waals surface area contributed by atoms with Gasteiger partial charge in [0.05, 0.1) is 17.1 Å². The van der Waals surface area contributed by atoms with Crippen LogP contribution in [0.3, 0.4) is 0 Å². The molecule has 2 atom stereocenters. The summed E-state index contributed by atoms with van der Waals surface area (Å²) >= 11 is 1.99. The number of H-pyrrole nitrogens is 2. The molecule has 0 radical (unpaired) electrons. The van der Waals surface area contributed by atoms with Crippen LogP contribution in [0.2, 0.25) is 0 Å². The van der Waals surface area contributed by atoms with Gasteiger partial charge in [-0.2, -0.15) is 11.8 Å². The lowest BCUT2D eigenvalue weighted by molar-refractivity contribution is -0.120. The van der Waals surface area contributed by atoms with Crippen LogP contribution in [0.1, 0.15) is 20.3 Å². The van der Waals surface area contributed by atoms with Crippen LogP contribution in [-0.2, 0) is 4.79 Å². The molecule has 0 saturated carbocycles. The summed E-state index contributed by atoms with van der Waals surface area (Å²) < 4.78 is 0. The summed E-state index contributed by atoms with van der Waals surface area (Å²) in [6.45, 7) is 6.05. The number of hydrogen-bond donors (Lipinski definition) is 3. The Labute approximate surface area is 139 Å². The highest BCUT2D eigenvalue weighted by Gasteiger charge is 2.27. The minimum atomic E-state index is -0.242. The number of benzene rings is 1. The van der Waals surface area contributed by atoms with Crippen molar-refractivity contribution in [2.75, 3.05) is 24.2 Å². The third kappa shape index (κ3) is 3.61. The summed E-state index contributed by atoms with van der Waals surface area (Å²) in [5, 5.41) is 3.56.